The van der Waals surface area contributed by atoms with Gasteiger partial charge >= 0.3 is 0 Å². The zero-order valence-corrected chi connectivity index (χ0v) is 15.3. The van der Waals surface area contributed by atoms with Crippen molar-refractivity contribution in [2.24, 2.45) is 0 Å². The first kappa shape index (κ1) is 18.1. The van der Waals surface area contributed by atoms with Crippen molar-refractivity contribution in [3.63, 3.8) is 0 Å². The second-order valence-electron chi connectivity index (χ2n) is 6.13. The van der Waals surface area contributed by atoms with Crippen molar-refractivity contribution >= 4 is 23.2 Å². The van der Waals surface area contributed by atoms with Gasteiger partial charge in [-0.15, -0.1) is 0 Å². The summed E-state index contributed by atoms with van der Waals surface area (Å²) in [5.41, 5.74) is 4.06. The lowest BCUT2D eigenvalue weighted by molar-refractivity contribution is -0.676. The highest BCUT2D eigenvalue weighted by atomic mass is 35.5. The van der Waals surface area contributed by atoms with Gasteiger partial charge < -0.3 is 10.6 Å². The third-order valence-electron chi connectivity index (χ3n) is 4.17. The van der Waals surface area contributed by atoms with Crippen molar-refractivity contribution in [2.75, 3.05) is 11.9 Å². The number of rotatable bonds is 6. The fraction of sp³-hybridized carbons (Fsp3) is 0.143. The predicted molar refractivity (Wildman–Crippen MR) is 104 cm³/mol. The van der Waals surface area contributed by atoms with E-state index < -0.39 is 0 Å². The minimum absolute atomic E-state index is 0.0481. The SMILES string of the molecule is Cc1ccc([C@@H]([NH2+]CC(=O)Nc2cccnc2Cl)c2ccccc2)cc1. The number of amides is 1. The molecule has 1 atom stereocenters. The molecule has 3 N–H and O–H groups in total. The Kier molecular flexibility index (Phi) is 6.00. The highest BCUT2D eigenvalue weighted by molar-refractivity contribution is 6.32. The van der Waals surface area contributed by atoms with Gasteiger partial charge in [0.2, 0.25) is 0 Å². The number of anilines is 1. The number of halogens is 1. The Morgan fingerprint density at radius 1 is 1.04 bits per heavy atom. The molecule has 0 bridgehead atoms. The van der Waals surface area contributed by atoms with Crippen molar-refractivity contribution < 1.29 is 10.1 Å². The Morgan fingerprint density at radius 2 is 1.73 bits per heavy atom. The van der Waals surface area contributed by atoms with Crippen LogP contribution in [0.1, 0.15) is 22.7 Å². The van der Waals surface area contributed by atoms with Crippen LogP contribution in [0.2, 0.25) is 5.15 Å². The highest BCUT2D eigenvalue weighted by Crippen LogP contribution is 2.19. The van der Waals surface area contributed by atoms with E-state index in [2.05, 4.69) is 53.6 Å². The number of nitrogens with two attached hydrogens (primary N) is 1. The van der Waals surface area contributed by atoms with Crippen LogP contribution in [0.5, 0.6) is 0 Å². The van der Waals surface area contributed by atoms with Crippen LogP contribution in [0.3, 0.4) is 0 Å². The van der Waals surface area contributed by atoms with Crippen molar-refractivity contribution in [1.29, 1.82) is 0 Å². The second kappa shape index (κ2) is 8.61. The van der Waals surface area contributed by atoms with Crippen molar-refractivity contribution in [3.05, 3.63) is 94.8 Å². The molecule has 3 rings (SSSR count). The topological polar surface area (TPSA) is 58.6 Å². The van der Waals surface area contributed by atoms with E-state index in [9.17, 15) is 4.79 Å². The molecular weight excluding hydrogens is 346 g/mol. The molecule has 4 nitrogen and oxygen atoms in total. The second-order valence-corrected chi connectivity index (χ2v) is 6.49. The number of hydrogen-bond donors (Lipinski definition) is 2. The summed E-state index contributed by atoms with van der Waals surface area (Å²) in [6.07, 6.45) is 1.59. The number of aromatic nitrogens is 1. The van der Waals surface area contributed by atoms with Crippen molar-refractivity contribution in [1.82, 2.24) is 4.98 Å². The lowest BCUT2D eigenvalue weighted by Crippen LogP contribution is -2.87. The number of nitrogens with one attached hydrogen (secondary N) is 1. The van der Waals surface area contributed by atoms with Crippen LogP contribution >= 0.6 is 11.6 Å². The number of aryl methyl sites for hydroxylation is 1. The maximum atomic E-state index is 12.4. The van der Waals surface area contributed by atoms with Crippen LogP contribution in [0.25, 0.3) is 0 Å². The Balaban J connectivity index is 1.73. The lowest BCUT2D eigenvalue weighted by Gasteiger charge is -2.17. The molecular formula is C21H21ClN3O+. The Labute approximate surface area is 158 Å². The van der Waals surface area contributed by atoms with Gasteiger partial charge in [0, 0.05) is 17.3 Å². The summed E-state index contributed by atoms with van der Waals surface area (Å²) in [6.45, 7) is 2.34. The largest absolute Gasteiger partial charge is 0.328 e. The number of carbonyl (C=O) groups excluding carboxylic acids is 1. The molecule has 0 unspecified atom stereocenters. The average molecular weight is 367 g/mol. The highest BCUT2D eigenvalue weighted by Gasteiger charge is 2.19. The molecule has 1 heterocycles. The summed E-state index contributed by atoms with van der Waals surface area (Å²) in [5, 5.41) is 5.13. The summed E-state index contributed by atoms with van der Waals surface area (Å²) in [5.74, 6) is -0.118. The Hall–Kier alpha value is -2.69. The van der Waals surface area contributed by atoms with Crippen LogP contribution in [-0.4, -0.2) is 17.4 Å². The average Bonchev–Trinajstić information content (AvgIpc) is 2.66. The molecule has 0 fully saturated rings. The number of carbonyl (C=O) groups is 1. The maximum Gasteiger partial charge on any atom is 0.279 e. The zero-order valence-electron chi connectivity index (χ0n) is 14.5. The van der Waals surface area contributed by atoms with Gasteiger partial charge in [-0.25, -0.2) is 4.98 Å². The molecule has 26 heavy (non-hydrogen) atoms. The smallest absolute Gasteiger partial charge is 0.279 e. The molecule has 1 aromatic heterocycles. The van der Waals surface area contributed by atoms with Gasteiger partial charge in [-0.2, -0.15) is 0 Å². The number of benzene rings is 2. The number of nitrogens with zero attached hydrogens (tertiary/aromatic N) is 1. The van der Waals surface area contributed by atoms with Crippen molar-refractivity contribution in [2.45, 2.75) is 13.0 Å². The first-order chi connectivity index (χ1) is 12.6. The van der Waals surface area contributed by atoms with Gasteiger partial charge in [0.15, 0.2) is 11.7 Å². The van der Waals surface area contributed by atoms with E-state index in [4.69, 9.17) is 11.6 Å². The fourth-order valence-electron chi connectivity index (χ4n) is 2.80. The molecule has 0 spiro atoms. The van der Waals surface area contributed by atoms with Gasteiger partial charge in [-0.3, -0.25) is 4.79 Å². The fourth-order valence-corrected chi connectivity index (χ4v) is 2.97. The van der Waals surface area contributed by atoms with E-state index in [0.29, 0.717) is 10.8 Å². The van der Waals surface area contributed by atoms with E-state index >= 15 is 0 Å². The summed E-state index contributed by atoms with van der Waals surface area (Å²) >= 11 is 6.00. The molecule has 0 saturated carbocycles. The standard InChI is InChI=1S/C21H20ClN3O/c1-15-9-11-17(12-10-15)20(16-6-3-2-4-7-16)24-14-19(26)25-18-8-5-13-23-21(18)22/h2-13,20,24H,14H2,1H3,(H,25,26)/p+1/t20-/m0/s1. The van der Waals surface area contributed by atoms with E-state index in [1.807, 2.05) is 23.5 Å². The molecule has 0 saturated heterocycles. The van der Waals surface area contributed by atoms with Gasteiger partial charge in [-0.05, 0) is 19.1 Å². The first-order valence-corrected chi connectivity index (χ1v) is 8.86. The van der Waals surface area contributed by atoms with Gasteiger partial charge in [-0.1, -0.05) is 71.8 Å². The van der Waals surface area contributed by atoms with Crippen LogP contribution in [-0.2, 0) is 4.79 Å². The molecule has 1 amide bonds. The summed E-state index contributed by atoms with van der Waals surface area (Å²) in [6, 6.07) is 22.1. The van der Waals surface area contributed by atoms with Crippen LogP contribution < -0.4 is 10.6 Å². The third kappa shape index (κ3) is 4.69. The summed E-state index contributed by atoms with van der Waals surface area (Å²) in [4.78, 5) is 16.3. The predicted octanol–water partition coefficient (Wildman–Crippen LogP) is 3.33. The number of pyridine rings is 1. The van der Waals surface area contributed by atoms with Crippen molar-refractivity contribution in [3.8, 4) is 0 Å². The molecule has 3 aromatic rings. The normalized spacial score (nSPS) is 11.8. The van der Waals surface area contributed by atoms with Crippen LogP contribution in [0, 0.1) is 6.92 Å². The number of quaternary nitrogens is 1. The monoisotopic (exact) mass is 366 g/mol. The number of hydrogen-bond acceptors (Lipinski definition) is 2. The molecule has 0 aliphatic rings. The van der Waals surface area contributed by atoms with Gasteiger partial charge in [0.05, 0.1) is 5.69 Å². The molecule has 2 aromatic carbocycles. The van der Waals surface area contributed by atoms with E-state index in [0.717, 1.165) is 11.1 Å². The zero-order chi connectivity index (χ0) is 18.4. The lowest BCUT2D eigenvalue weighted by atomic mass is 9.98. The van der Waals surface area contributed by atoms with E-state index in [1.165, 1.54) is 5.56 Å². The van der Waals surface area contributed by atoms with Gasteiger partial charge in [0.1, 0.15) is 6.04 Å². The quantitative estimate of drug-likeness (QED) is 0.657. The van der Waals surface area contributed by atoms with Crippen LogP contribution in [0.4, 0.5) is 5.69 Å². The molecule has 0 aliphatic carbocycles. The minimum atomic E-state index is -0.118. The molecule has 0 radical (unpaired) electrons. The molecule has 0 aliphatic heterocycles. The van der Waals surface area contributed by atoms with Gasteiger partial charge in [0.25, 0.3) is 5.91 Å². The van der Waals surface area contributed by atoms with Crippen LogP contribution in [0.15, 0.2) is 72.9 Å². The first-order valence-electron chi connectivity index (χ1n) is 8.48. The summed E-state index contributed by atoms with van der Waals surface area (Å²) < 4.78 is 0. The van der Waals surface area contributed by atoms with E-state index in [-0.39, 0.29) is 18.5 Å². The molecule has 5 heteroatoms. The third-order valence-corrected chi connectivity index (χ3v) is 4.47. The Morgan fingerprint density at radius 3 is 2.42 bits per heavy atom. The summed E-state index contributed by atoms with van der Waals surface area (Å²) in [7, 11) is 0. The van der Waals surface area contributed by atoms with E-state index in [1.54, 1.807) is 18.3 Å². The maximum absolute atomic E-state index is 12.4. The molecule has 132 valence electrons. The Bertz CT molecular complexity index is 866. The minimum Gasteiger partial charge on any atom is -0.328 e.